The molecule has 0 spiro atoms. The van der Waals surface area contributed by atoms with E-state index in [-0.39, 0.29) is 11.5 Å². The van der Waals surface area contributed by atoms with Crippen molar-refractivity contribution >= 4 is 5.91 Å². The van der Waals surface area contributed by atoms with Crippen LogP contribution in [0.2, 0.25) is 0 Å². The van der Waals surface area contributed by atoms with Gasteiger partial charge in [0, 0.05) is 57.4 Å². The van der Waals surface area contributed by atoms with Crippen LogP contribution in [-0.4, -0.2) is 67.8 Å². The molecule has 2 aromatic rings. The molecule has 2 aliphatic rings. The summed E-state index contributed by atoms with van der Waals surface area (Å²) >= 11 is 0. The van der Waals surface area contributed by atoms with E-state index in [9.17, 15) is 9.59 Å². The number of methoxy groups -OCH3 is 3. The van der Waals surface area contributed by atoms with Gasteiger partial charge in [0.1, 0.15) is 11.3 Å². The summed E-state index contributed by atoms with van der Waals surface area (Å²) in [5.74, 6) is 1.74. The summed E-state index contributed by atoms with van der Waals surface area (Å²) in [6.07, 6.45) is 2.64. The number of ether oxygens (including phenoxy) is 3. The molecule has 0 unspecified atom stereocenters. The number of amides is 1. The minimum absolute atomic E-state index is 0.0311. The summed E-state index contributed by atoms with van der Waals surface area (Å²) in [7, 11) is 4.77. The number of pyridine rings is 1. The van der Waals surface area contributed by atoms with Crippen LogP contribution in [0, 0.1) is 0 Å². The van der Waals surface area contributed by atoms with Gasteiger partial charge in [0.25, 0.3) is 11.5 Å². The smallest absolute Gasteiger partial charge is 0.259 e. The molecule has 2 aliphatic heterocycles. The minimum Gasteiger partial charge on any atom is -0.496 e. The first-order chi connectivity index (χ1) is 15.5. The Morgan fingerprint density at radius 1 is 0.875 bits per heavy atom. The van der Waals surface area contributed by atoms with E-state index in [1.165, 1.54) is 13.2 Å². The van der Waals surface area contributed by atoms with E-state index >= 15 is 0 Å². The number of nitrogens with zero attached hydrogens (tertiary/aromatic N) is 3. The molecule has 172 valence electrons. The van der Waals surface area contributed by atoms with Crippen LogP contribution in [0.15, 0.2) is 29.1 Å². The number of likely N-dealkylation sites (tertiary alicyclic amines) is 1. The predicted octanol–water partition coefficient (Wildman–Crippen LogP) is 2.17. The van der Waals surface area contributed by atoms with Crippen molar-refractivity contribution in [3.63, 3.8) is 0 Å². The van der Waals surface area contributed by atoms with Crippen molar-refractivity contribution in [1.82, 2.24) is 14.4 Å². The fourth-order valence-electron chi connectivity index (χ4n) is 4.66. The Bertz CT molecular complexity index is 1040. The van der Waals surface area contributed by atoms with Crippen LogP contribution < -0.4 is 19.8 Å². The molecule has 0 saturated carbocycles. The van der Waals surface area contributed by atoms with Crippen molar-refractivity contribution in [1.29, 1.82) is 0 Å². The lowest BCUT2D eigenvalue weighted by molar-refractivity contribution is 0.0787. The molecule has 1 fully saturated rings. The van der Waals surface area contributed by atoms with E-state index in [1.54, 1.807) is 18.8 Å². The van der Waals surface area contributed by atoms with Crippen LogP contribution in [0.3, 0.4) is 0 Å². The van der Waals surface area contributed by atoms with E-state index in [4.69, 9.17) is 14.2 Å². The molecule has 8 heteroatoms. The fraction of sp³-hybridized carbons (Fsp3) is 0.500. The Morgan fingerprint density at radius 2 is 1.59 bits per heavy atom. The quantitative estimate of drug-likeness (QED) is 0.684. The van der Waals surface area contributed by atoms with Crippen LogP contribution >= 0.6 is 0 Å². The number of rotatable bonds is 6. The molecule has 0 bridgehead atoms. The maximum Gasteiger partial charge on any atom is 0.259 e. The summed E-state index contributed by atoms with van der Waals surface area (Å²) < 4.78 is 18.0. The second-order valence-corrected chi connectivity index (χ2v) is 8.24. The highest BCUT2D eigenvalue weighted by molar-refractivity contribution is 5.98. The van der Waals surface area contributed by atoms with Gasteiger partial charge >= 0.3 is 0 Å². The zero-order valence-corrected chi connectivity index (χ0v) is 19.1. The van der Waals surface area contributed by atoms with Crippen LogP contribution in [0.5, 0.6) is 17.2 Å². The number of hydrogen-bond donors (Lipinski definition) is 0. The second kappa shape index (κ2) is 9.65. The van der Waals surface area contributed by atoms with Gasteiger partial charge in [0.2, 0.25) is 0 Å². The van der Waals surface area contributed by atoms with Crippen LogP contribution in [-0.2, 0) is 19.5 Å². The van der Waals surface area contributed by atoms with Gasteiger partial charge in [-0.05, 0) is 30.5 Å². The lowest BCUT2D eigenvalue weighted by Gasteiger charge is -2.21. The highest BCUT2D eigenvalue weighted by Crippen LogP contribution is 2.29. The first-order valence-corrected chi connectivity index (χ1v) is 11.1. The molecular weight excluding hydrogens is 410 g/mol. The largest absolute Gasteiger partial charge is 0.496 e. The lowest BCUT2D eigenvalue weighted by atomic mass is 10.1. The van der Waals surface area contributed by atoms with Crippen LogP contribution in [0.4, 0.5) is 0 Å². The summed E-state index contributed by atoms with van der Waals surface area (Å²) in [5, 5.41) is 0. The Balaban J connectivity index is 1.59. The molecule has 1 saturated heterocycles. The Morgan fingerprint density at radius 3 is 2.28 bits per heavy atom. The normalized spacial score (nSPS) is 16.4. The van der Waals surface area contributed by atoms with Crippen molar-refractivity contribution < 1.29 is 19.0 Å². The van der Waals surface area contributed by atoms with E-state index in [2.05, 4.69) is 4.90 Å². The maximum atomic E-state index is 13.3. The third kappa shape index (κ3) is 4.32. The number of aromatic nitrogens is 1. The second-order valence-electron chi connectivity index (χ2n) is 8.24. The molecule has 1 amide bonds. The van der Waals surface area contributed by atoms with Crippen LogP contribution in [0.25, 0.3) is 0 Å². The monoisotopic (exact) mass is 441 g/mol. The molecular formula is C24H31N3O5. The average molecular weight is 442 g/mol. The number of carbonyl (C=O) groups excluding carboxylic acids is 1. The first kappa shape index (κ1) is 22.2. The van der Waals surface area contributed by atoms with Gasteiger partial charge in [0.05, 0.1) is 21.3 Å². The zero-order valence-electron chi connectivity index (χ0n) is 19.1. The predicted molar refractivity (Wildman–Crippen MR) is 121 cm³/mol. The van der Waals surface area contributed by atoms with E-state index in [1.807, 2.05) is 23.1 Å². The van der Waals surface area contributed by atoms with E-state index < -0.39 is 0 Å². The van der Waals surface area contributed by atoms with Crippen molar-refractivity contribution in [2.75, 3.05) is 47.5 Å². The zero-order chi connectivity index (χ0) is 22.7. The third-order valence-corrected chi connectivity index (χ3v) is 6.37. The molecule has 32 heavy (non-hydrogen) atoms. The van der Waals surface area contributed by atoms with Gasteiger partial charge in [-0.1, -0.05) is 6.07 Å². The standard InChI is InChI=1S/C24H31N3O5/c1-30-19-7-6-17(14-20(19)31-2)16-25-11-8-18-23(24(29)26-9-4-5-10-26)21(32-3)15-22(28)27(18)13-12-25/h6-7,14-15H,4-5,8-13,16H2,1-3H3. The summed E-state index contributed by atoms with van der Waals surface area (Å²) in [4.78, 5) is 30.3. The topological polar surface area (TPSA) is 73.2 Å². The highest BCUT2D eigenvalue weighted by Gasteiger charge is 2.29. The van der Waals surface area contributed by atoms with Gasteiger partial charge in [-0.2, -0.15) is 0 Å². The Kier molecular flexibility index (Phi) is 6.69. The number of carbonyl (C=O) groups is 1. The minimum atomic E-state index is -0.122. The number of hydrogen-bond acceptors (Lipinski definition) is 6. The summed E-state index contributed by atoms with van der Waals surface area (Å²) in [5.41, 5.74) is 2.30. The van der Waals surface area contributed by atoms with Gasteiger partial charge < -0.3 is 23.7 Å². The van der Waals surface area contributed by atoms with Crippen molar-refractivity contribution in [2.24, 2.45) is 0 Å². The van der Waals surface area contributed by atoms with E-state index in [0.29, 0.717) is 42.3 Å². The van der Waals surface area contributed by atoms with Gasteiger partial charge in [-0.3, -0.25) is 14.5 Å². The van der Waals surface area contributed by atoms with Crippen molar-refractivity contribution in [3.8, 4) is 17.2 Å². The van der Waals surface area contributed by atoms with Crippen molar-refractivity contribution in [3.05, 3.63) is 51.4 Å². The van der Waals surface area contributed by atoms with Gasteiger partial charge in [-0.25, -0.2) is 0 Å². The highest BCUT2D eigenvalue weighted by atomic mass is 16.5. The average Bonchev–Trinajstić information content (AvgIpc) is 3.27. The molecule has 0 atom stereocenters. The van der Waals surface area contributed by atoms with Gasteiger partial charge in [0.15, 0.2) is 11.5 Å². The molecule has 4 rings (SSSR count). The van der Waals surface area contributed by atoms with Crippen molar-refractivity contribution in [2.45, 2.75) is 32.4 Å². The van der Waals surface area contributed by atoms with Crippen LogP contribution in [0.1, 0.15) is 34.5 Å². The Labute approximate surface area is 188 Å². The molecule has 0 N–H and O–H groups in total. The Hall–Kier alpha value is -3.00. The third-order valence-electron chi connectivity index (χ3n) is 6.37. The summed E-state index contributed by atoms with van der Waals surface area (Å²) in [6, 6.07) is 7.37. The SMILES string of the molecule is COc1ccc(CN2CCc3c(C(=O)N4CCCC4)c(OC)cc(=O)n3CC2)cc1OC. The number of benzene rings is 1. The molecule has 8 nitrogen and oxygen atoms in total. The maximum absolute atomic E-state index is 13.3. The summed E-state index contributed by atoms with van der Waals surface area (Å²) in [6.45, 7) is 4.21. The van der Waals surface area contributed by atoms with Gasteiger partial charge in [-0.15, -0.1) is 0 Å². The molecule has 1 aromatic carbocycles. The van der Waals surface area contributed by atoms with E-state index in [0.717, 1.165) is 50.3 Å². The molecule has 3 heterocycles. The fourth-order valence-corrected chi connectivity index (χ4v) is 4.66. The molecule has 0 aliphatic carbocycles. The first-order valence-electron chi connectivity index (χ1n) is 11.1. The lowest BCUT2D eigenvalue weighted by Crippen LogP contribution is -2.33. The number of fused-ring (bicyclic) bond motifs is 1. The molecule has 0 radical (unpaired) electrons. The molecule has 1 aromatic heterocycles.